The Kier molecular flexibility index (Phi) is 4.37. The fourth-order valence-corrected chi connectivity index (χ4v) is 3.34. The van der Waals surface area contributed by atoms with Crippen LogP contribution in [0.2, 0.25) is 10.0 Å². The summed E-state index contributed by atoms with van der Waals surface area (Å²) in [5.41, 5.74) is 4.69. The van der Waals surface area contributed by atoms with Crippen molar-refractivity contribution in [3.05, 3.63) is 68.7 Å². The predicted molar refractivity (Wildman–Crippen MR) is 83.1 cm³/mol. The van der Waals surface area contributed by atoms with Gasteiger partial charge in [0.1, 0.15) is 0 Å². The van der Waals surface area contributed by atoms with Crippen LogP contribution in [-0.2, 0) is 0 Å². The Morgan fingerprint density at radius 3 is 2.44 bits per heavy atom. The molecule has 1 unspecified atom stereocenters. The quantitative estimate of drug-likeness (QED) is 0.578. The van der Waals surface area contributed by atoms with Gasteiger partial charge in [0.2, 0.25) is 0 Å². The lowest BCUT2D eigenvalue weighted by molar-refractivity contribution is 1.13. The molecule has 0 spiro atoms. The van der Waals surface area contributed by atoms with Gasteiger partial charge in [0.15, 0.2) is 0 Å². The largest absolute Gasteiger partial charge is 0.0827 e. The summed E-state index contributed by atoms with van der Waals surface area (Å²) in [6.07, 6.45) is 0. The first kappa shape index (κ1) is 13.9. The lowest BCUT2D eigenvalue weighted by Gasteiger charge is -2.16. The molecule has 0 amide bonds. The van der Waals surface area contributed by atoms with Gasteiger partial charge < -0.3 is 0 Å². The third kappa shape index (κ3) is 2.74. The lowest BCUT2D eigenvalue weighted by atomic mass is 9.98. The molecular weight excluding hydrogens is 331 g/mol. The van der Waals surface area contributed by atoms with Crippen molar-refractivity contribution in [2.45, 2.75) is 18.7 Å². The second kappa shape index (κ2) is 5.64. The van der Waals surface area contributed by atoms with Crippen LogP contribution in [0, 0.1) is 13.8 Å². The molecule has 2 rings (SSSR count). The van der Waals surface area contributed by atoms with Crippen molar-refractivity contribution in [1.82, 2.24) is 0 Å². The topological polar surface area (TPSA) is 0 Å². The van der Waals surface area contributed by atoms with Crippen LogP contribution in [0.15, 0.2) is 36.4 Å². The molecule has 2 aromatic carbocycles. The summed E-state index contributed by atoms with van der Waals surface area (Å²) in [6, 6.07) is 12.1. The highest BCUT2D eigenvalue weighted by Gasteiger charge is 2.17. The minimum absolute atomic E-state index is 0.0589. The van der Waals surface area contributed by atoms with E-state index in [2.05, 4.69) is 48.0 Å². The van der Waals surface area contributed by atoms with Gasteiger partial charge >= 0.3 is 0 Å². The molecular formula is C15H13BrCl2. The Morgan fingerprint density at radius 2 is 1.72 bits per heavy atom. The maximum absolute atomic E-state index is 6.27. The van der Waals surface area contributed by atoms with Gasteiger partial charge in [-0.15, -0.1) is 0 Å². The van der Waals surface area contributed by atoms with E-state index < -0.39 is 0 Å². The summed E-state index contributed by atoms with van der Waals surface area (Å²) in [5.74, 6) is 0. The number of rotatable bonds is 2. The third-order valence-corrected chi connectivity index (χ3v) is 4.78. The summed E-state index contributed by atoms with van der Waals surface area (Å²) in [5, 5.41) is 1.20. The van der Waals surface area contributed by atoms with Gasteiger partial charge in [0.05, 0.1) is 14.9 Å². The molecule has 18 heavy (non-hydrogen) atoms. The van der Waals surface area contributed by atoms with Crippen LogP contribution in [0.4, 0.5) is 0 Å². The Labute approximate surface area is 126 Å². The van der Waals surface area contributed by atoms with Crippen LogP contribution in [-0.4, -0.2) is 0 Å². The number of hydrogen-bond donors (Lipinski definition) is 0. The van der Waals surface area contributed by atoms with Crippen molar-refractivity contribution in [3.8, 4) is 0 Å². The molecule has 0 saturated heterocycles. The van der Waals surface area contributed by atoms with Crippen molar-refractivity contribution >= 4 is 39.1 Å². The van der Waals surface area contributed by atoms with E-state index in [0.717, 1.165) is 5.56 Å². The number of hydrogen-bond acceptors (Lipinski definition) is 0. The van der Waals surface area contributed by atoms with Crippen molar-refractivity contribution in [1.29, 1.82) is 0 Å². The normalized spacial score (nSPS) is 12.5. The van der Waals surface area contributed by atoms with E-state index in [9.17, 15) is 0 Å². The average Bonchev–Trinajstić information content (AvgIpc) is 2.35. The Hall–Kier alpha value is -0.500. The first-order valence-corrected chi connectivity index (χ1v) is 7.33. The van der Waals surface area contributed by atoms with Gasteiger partial charge in [0, 0.05) is 0 Å². The maximum Gasteiger partial charge on any atom is 0.0662 e. The molecule has 0 nitrogen and oxygen atoms in total. The van der Waals surface area contributed by atoms with E-state index in [-0.39, 0.29) is 4.83 Å². The van der Waals surface area contributed by atoms with Gasteiger partial charge in [-0.1, -0.05) is 75.0 Å². The van der Waals surface area contributed by atoms with Gasteiger partial charge in [0.25, 0.3) is 0 Å². The number of aryl methyl sites for hydroxylation is 2. The maximum atomic E-state index is 6.27. The second-order valence-corrected chi connectivity index (χ2v) is 6.07. The molecule has 0 aliphatic carbocycles. The summed E-state index contributed by atoms with van der Waals surface area (Å²) in [7, 11) is 0. The van der Waals surface area contributed by atoms with Crippen molar-refractivity contribution in [2.75, 3.05) is 0 Å². The Morgan fingerprint density at radius 1 is 1.00 bits per heavy atom. The van der Waals surface area contributed by atoms with E-state index in [4.69, 9.17) is 23.2 Å². The third-order valence-electron chi connectivity index (χ3n) is 2.96. The minimum atomic E-state index is 0.0589. The zero-order chi connectivity index (χ0) is 13.3. The van der Waals surface area contributed by atoms with Gasteiger partial charge in [-0.25, -0.2) is 0 Å². The SMILES string of the molecule is Cc1ccc(C)c(C(Br)c2cccc(Cl)c2Cl)c1. The van der Waals surface area contributed by atoms with Crippen molar-refractivity contribution in [3.63, 3.8) is 0 Å². The number of alkyl halides is 1. The van der Waals surface area contributed by atoms with Crippen molar-refractivity contribution < 1.29 is 0 Å². The van der Waals surface area contributed by atoms with Crippen molar-refractivity contribution in [2.24, 2.45) is 0 Å². The second-order valence-electron chi connectivity index (χ2n) is 4.37. The smallest absolute Gasteiger partial charge is 0.0662 e. The van der Waals surface area contributed by atoms with E-state index in [1.807, 2.05) is 12.1 Å². The highest BCUT2D eigenvalue weighted by atomic mass is 79.9. The standard InChI is InChI=1S/C15H13BrCl2/c1-9-6-7-10(2)12(8-9)14(16)11-4-3-5-13(17)15(11)18/h3-8,14H,1-2H3. The molecule has 0 bridgehead atoms. The fraction of sp³-hybridized carbons (Fsp3) is 0.200. The molecule has 0 N–H and O–H groups in total. The van der Waals surface area contributed by atoms with Crippen LogP contribution in [0.5, 0.6) is 0 Å². The molecule has 0 aromatic heterocycles. The van der Waals surface area contributed by atoms with Crippen LogP contribution < -0.4 is 0 Å². The van der Waals surface area contributed by atoms with Gasteiger partial charge in [-0.2, -0.15) is 0 Å². The monoisotopic (exact) mass is 342 g/mol. The van der Waals surface area contributed by atoms with Crippen LogP contribution in [0.1, 0.15) is 27.1 Å². The zero-order valence-electron chi connectivity index (χ0n) is 10.2. The summed E-state index contributed by atoms with van der Waals surface area (Å²) in [4.78, 5) is 0.0589. The summed E-state index contributed by atoms with van der Waals surface area (Å²) in [6.45, 7) is 4.18. The Balaban J connectivity index is 2.51. The number of benzene rings is 2. The summed E-state index contributed by atoms with van der Waals surface area (Å²) >= 11 is 16.1. The molecule has 0 heterocycles. The molecule has 0 radical (unpaired) electrons. The van der Waals surface area contributed by atoms with E-state index in [0.29, 0.717) is 10.0 Å². The van der Waals surface area contributed by atoms with Crippen LogP contribution in [0.3, 0.4) is 0 Å². The first-order valence-electron chi connectivity index (χ1n) is 5.66. The van der Waals surface area contributed by atoms with E-state index >= 15 is 0 Å². The predicted octanol–water partition coefficient (Wildman–Crippen LogP) is 6.09. The summed E-state index contributed by atoms with van der Waals surface area (Å²) < 4.78 is 0. The average molecular weight is 344 g/mol. The lowest BCUT2D eigenvalue weighted by Crippen LogP contribution is -1.97. The molecule has 0 aliphatic heterocycles. The van der Waals surface area contributed by atoms with Crippen LogP contribution in [0.25, 0.3) is 0 Å². The van der Waals surface area contributed by atoms with Gasteiger partial charge in [-0.05, 0) is 36.6 Å². The first-order chi connectivity index (χ1) is 8.50. The highest BCUT2D eigenvalue weighted by molar-refractivity contribution is 9.09. The van der Waals surface area contributed by atoms with Gasteiger partial charge in [-0.3, -0.25) is 0 Å². The van der Waals surface area contributed by atoms with E-state index in [1.165, 1.54) is 16.7 Å². The number of halogens is 3. The molecule has 0 aliphatic rings. The fourth-order valence-electron chi connectivity index (χ4n) is 1.92. The molecule has 1 atom stereocenters. The van der Waals surface area contributed by atoms with Crippen LogP contribution >= 0.6 is 39.1 Å². The minimum Gasteiger partial charge on any atom is -0.0827 e. The molecule has 3 heteroatoms. The molecule has 94 valence electrons. The molecule has 2 aromatic rings. The zero-order valence-corrected chi connectivity index (χ0v) is 13.3. The Bertz CT molecular complexity index is 577. The molecule has 0 fully saturated rings. The highest BCUT2D eigenvalue weighted by Crippen LogP contribution is 2.39. The van der Waals surface area contributed by atoms with E-state index in [1.54, 1.807) is 6.07 Å². The molecule has 0 saturated carbocycles.